The predicted octanol–water partition coefficient (Wildman–Crippen LogP) is 4.45. The fourth-order valence-electron chi connectivity index (χ4n) is 1.90. The van der Waals surface area contributed by atoms with Crippen LogP contribution in [0.2, 0.25) is 5.02 Å². The quantitative estimate of drug-likeness (QED) is 0.697. The lowest BCUT2D eigenvalue weighted by Crippen LogP contribution is -2.00. The molecule has 5 heteroatoms. The van der Waals surface area contributed by atoms with E-state index in [0.717, 1.165) is 16.3 Å². The Morgan fingerprint density at radius 1 is 1.32 bits per heavy atom. The highest BCUT2D eigenvalue weighted by Gasteiger charge is 2.08. The first-order valence-electron chi connectivity index (χ1n) is 5.73. The van der Waals surface area contributed by atoms with Gasteiger partial charge in [0.25, 0.3) is 0 Å². The number of aromatic nitrogens is 2. The van der Waals surface area contributed by atoms with Crippen LogP contribution in [0.1, 0.15) is 5.56 Å². The fourth-order valence-corrected chi connectivity index (χ4v) is 2.84. The molecule has 0 radical (unpaired) electrons. The van der Waals surface area contributed by atoms with Crippen molar-refractivity contribution in [3.05, 3.63) is 64.5 Å². The van der Waals surface area contributed by atoms with E-state index in [9.17, 15) is 4.39 Å². The first kappa shape index (κ1) is 12.4. The summed E-state index contributed by atoms with van der Waals surface area (Å²) in [6.07, 6.45) is 3.67. The number of imidazole rings is 1. The third kappa shape index (κ3) is 2.55. The van der Waals surface area contributed by atoms with Crippen LogP contribution in [0.25, 0.3) is 10.7 Å². The van der Waals surface area contributed by atoms with Crippen molar-refractivity contribution in [1.82, 2.24) is 9.55 Å². The molecule has 0 atom stereocenters. The Hall–Kier alpha value is -1.65. The Morgan fingerprint density at radius 2 is 2.21 bits per heavy atom. The molecule has 19 heavy (non-hydrogen) atoms. The molecule has 0 aliphatic carbocycles. The van der Waals surface area contributed by atoms with Crippen LogP contribution < -0.4 is 0 Å². The van der Waals surface area contributed by atoms with E-state index in [1.807, 2.05) is 28.3 Å². The lowest BCUT2D eigenvalue weighted by atomic mass is 10.2. The minimum atomic E-state index is -0.394. The summed E-state index contributed by atoms with van der Waals surface area (Å²) >= 11 is 7.44. The summed E-state index contributed by atoms with van der Waals surface area (Å²) < 4.78 is 15.2. The van der Waals surface area contributed by atoms with E-state index in [1.54, 1.807) is 29.7 Å². The van der Waals surface area contributed by atoms with E-state index in [-0.39, 0.29) is 5.02 Å². The van der Waals surface area contributed by atoms with Gasteiger partial charge in [0, 0.05) is 18.9 Å². The lowest BCUT2D eigenvalue weighted by Gasteiger charge is -2.07. The molecular weight excluding hydrogens is 283 g/mol. The minimum Gasteiger partial charge on any atom is -0.326 e. The van der Waals surface area contributed by atoms with Crippen LogP contribution in [-0.4, -0.2) is 9.55 Å². The Labute approximate surface area is 119 Å². The maximum atomic E-state index is 13.1. The highest BCUT2D eigenvalue weighted by Crippen LogP contribution is 2.24. The van der Waals surface area contributed by atoms with Crippen molar-refractivity contribution < 1.29 is 4.39 Å². The van der Waals surface area contributed by atoms with Gasteiger partial charge >= 0.3 is 0 Å². The molecule has 1 aromatic carbocycles. The summed E-state index contributed by atoms with van der Waals surface area (Å²) in [6.45, 7) is 0.618. The topological polar surface area (TPSA) is 17.8 Å². The van der Waals surface area contributed by atoms with Crippen molar-refractivity contribution in [3.63, 3.8) is 0 Å². The van der Waals surface area contributed by atoms with Crippen molar-refractivity contribution in [3.8, 4) is 10.7 Å². The van der Waals surface area contributed by atoms with Gasteiger partial charge in [0.1, 0.15) is 11.6 Å². The van der Waals surface area contributed by atoms with Gasteiger partial charge < -0.3 is 4.57 Å². The second-order valence-corrected chi connectivity index (χ2v) is 5.46. The first-order chi connectivity index (χ1) is 9.24. The van der Waals surface area contributed by atoms with Gasteiger partial charge in [-0.2, -0.15) is 0 Å². The molecule has 2 heterocycles. The van der Waals surface area contributed by atoms with Crippen LogP contribution in [0.15, 0.2) is 48.1 Å². The van der Waals surface area contributed by atoms with Gasteiger partial charge in [-0.3, -0.25) is 0 Å². The van der Waals surface area contributed by atoms with E-state index < -0.39 is 5.82 Å². The van der Waals surface area contributed by atoms with Crippen molar-refractivity contribution in [2.24, 2.45) is 0 Å². The normalized spacial score (nSPS) is 10.8. The summed E-state index contributed by atoms with van der Waals surface area (Å²) in [6, 6.07) is 8.79. The van der Waals surface area contributed by atoms with Gasteiger partial charge in [0.15, 0.2) is 0 Å². The molecule has 2 nitrogen and oxygen atoms in total. The Kier molecular flexibility index (Phi) is 3.36. The van der Waals surface area contributed by atoms with Gasteiger partial charge in [-0.05, 0) is 29.1 Å². The second kappa shape index (κ2) is 5.15. The van der Waals surface area contributed by atoms with Crippen molar-refractivity contribution in [2.45, 2.75) is 6.54 Å². The summed E-state index contributed by atoms with van der Waals surface area (Å²) in [5.74, 6) is 0.518. The molecule has 0 N–H and O–H groups in total. The van der Waals surface area contributed by atoms with E-state index in [2.05, 4.69) is 4.98 Å². The van der Waals surface area contributed by atoms with Gasteiger partial charge in [0.2, 0.25) is 0 Å². The number of benzene rings is 1. The van der Waals surface area contributed by atoms with Crippen LogP contribution in [-0.2, 0) is 6.54 Å². The summed E-state index contributed by atoms with van der Waals surface area (Å²) in [4.78, 5) is 5.47. The Bertz CT molecular complexity index is 691. The Balaban J connectivity index is 1.92. The molecule has 0 saturated heterocycles. The van der Waals surface area contributed by atoms with Crippen molar-refractivity contribution in [1.29, 1.82) is 0 Å². The average molecular weight is 293 g/mol. The number of nitrogens with zero attached hydrogens (tertiary/aromatic N) is 2. The van der Waals surface area contributed by atoms with Crippen molar-refractivity contribution in [2.75, 3.05) is 0 Å². The molecule has 0 amide bonds. The number of halogens is 2. The van der Waals surface area contributed by atoms with E-state index in [1.165, 1.54) is 6.07 Å². The highest BCUT2D eigenvalue weighted by molar-refractivity contribution is 7.13. The molecule has 2 aromatic heterocycles. The smallest absolute Gasteiger partial charge is 0.150 e. The standard InChI is InChI=1S/C14H10ClFN2S/c15-11-8-10(3-4-12(11)16)9-18-6-5-17-14(18)13-2-1-7-19-13/h1-8H,9H2. The minimum absolute atomic E-state index is 0.148. The monoisotopic (exact) mass is 292 g/mol. The molecule has 3 rings (SSSR count). The van der Waals surface area contributed by atoms with Gasteiger partial charge in [-0.15, -0.1) is 11.3 Å². The largest absolute Gasteiger partial charge is 0.326 e. The second-order valence-electron chi connectivity index (χ2n) is 4.10. The van der Waals surface area contributed by atoms with Crippen LogP contribution in [0, 0.1) is 5.82 Å². The SMILES string of the molecule is Fc1ccc(Cn2ccnc2-c2cccs2)cc1Cl. The summed E-state index contributed by atoms with van der Waals surface area (Å²) in [5, 5.41) is 2.17. The highest BCUT2D eigenvalue weighted by atomic mass is 35.5. The molecule has 3 aromatic rings. The number of thiophene rings is 1. The van der Waals surface area contributed by atoms with E-state index >= 15 is 0 Å². The first-order valence-corrected chi connectivity index (χ1v) is 6.99. The summed E-state index contributed by atoms with van der Waals surface area (Å²) in [7, 11) is 0. The zero-order valence-electron chi connectivity index (χ0n) is 9.88. The molecule has 0 aliphatic rings. The number of rotatable bonds is 3. The van der Waals surface area contributed by atoms with Gasteiger partial charge in [0.05, 0.1) is 9.90 Å². The van der Waals surface area contributed by atoms with Crippen LogP contribution in [0.4, 0.5) is 4.39 Å². The van der Waals surface area contributed by atoms with Crippen LogP contribution in [0.5, 0.6) is 0 Å². The fraction of sp³-hybridized carbons (Fsp3) is 0.0714. The van der Waals surface area contributed by atoms with E-state index in [4.69, 9.17) is 11.6 Å². The molecule has 0 spiro atoms. The maximum absolute atomic E-state index is 13.1. The maximum Gasteiger partial charge on any atom is 0.150 e. The predicted molar refractivity (Wildman–Crippen MR) is 76.1 cm³/mol. The van der Waals surface area contributed by atoms with Crippen LogP contribution >= 0.6 is 22.9 Å². The zero-order valence-corrected chi connectivity index (χ0v) is 11.5. The van der Waals surface area contributed by atoms with Crippen LogP contribution in [0.3, 0.4) is 0 Å². The molecule has 0 saturated carbocycles. The van der Waals surface area contributed by atoms with Crippen molar-refractivity contribution >= 4 is 22.9 Å². The molecule has 96 valence electrons. The molecular formula is C14H10ClFN2S. The molecule has 0 bridgehead atoms. The molecule has 0 aliphatic heterocycles. The van der Waals surface area contributed by atoms with Gasteiger partial charge in [-0.1, -0.05) is 23.7 Å². The number of hydrogen-bond acceptors (Lipinski definition) is 2. The molecule has 0 unspecified atom stereocenters. The average Bonchev–Trinajstić information content (AvgIpc) is 3.04. The summed E-state index contributed by atoms with van der Waals surface area (Å²) in [5.41, 5.74) is 0.946. The third-order valence-electron chi connectivity index (χ3n) is 2.79. The lowest BCUT2D eigenvalue weighted by molar-refractivity contribution is 0.627. The van der Waals surface area contributed by atoms with E-state index in [0.29, 0.717) is 6.54 Å². The Morgan fingerprint density at radius 3 is 2.95 bits per heavy atom. The molecule has 0 fully saturated rings. The zero-order chi connectivity index (χ0) is 13.2. The number of hydrogen-bond donors (Lipinski definition) is 0. The van der Waals surface area contributed by atoms with Gasteiger partial charge in [-0.25, -0.2) is 9.37 Å². The third-order valence-corrected chi connectivity index (χ3v) is 3.95.